The minimum Gasteiger partial charge on any atom is -0.352 e. The molecule has 2 rings (SSSR count). The van der Waals surface area contributed by atoms with E-state index in [0.717, 1.165) is 0 Å². The molecule has 0 spiro atoms. The van der Waals surface area contributed by atoms with Crippen LogP contribution in [-0.4, -0.2) is 39.0 Å². The van der Waals surface area contributed by atoms with Gasteiger partial charge >= 0.3 is 0 Å². The van der Waals surface area contributed by atoms with E-state index in [-0.39, 0.29) is 0 Å². The molecule has 0 bridgehead atoms. The molecule has 0 amide bonds. The molecular weight excluding hydrogens is 212 g/mol. The fourth-order valence-electron chi connectivity index (χ4n) is 1.49. The van der Waals surface area contributed by atoms with Gasteiger partial charge in [-0.1, -0.05) is 0 Å². The van der Waals surface area contributed by atoms with Crippen LogP contribution in [0.2, 0.25) is 0 Å². The average molecular weight is 222 g/mol. The third-order valence-corrected chi connectivity index (χ3v) is 3.57. The van der Waals surface area contributed by atoms with E-state index in [4.69, 9.17) is 5.26 Å². The lowest BCUT2D eigenvalue weighted by molar-refractivity contribution is 0.671. The standard InChI is InChI=1S/C9H10N4OS/c10-7-8-1-2-11-12-9(8)13-3-5-15(14)6-4-13/h1-2H,3-6H2. The number of hydrogen-bond donors (Lipinski definition) is 0. The van der Waals surface area contributed by atoms with Gasteiger partial charge < -0.3 is 4.90 Å². The van der Waals surface area contributed by atoms with Gasteiger partial charge in [-0.2, -0.15) is 10.4 Å². The van der Waals surface area contributed by atoms with Crippen molar-refractivity contribution < 1.29 is 4.21 Å². The molecule has 78 valence electrons. The number of nitriles is 1. The maximum Gasteiger partial charge on any atom is 0.169 e. The van der Waals surface area contributed by atoms with Gasteiger partial charge in [0.05, 0.1) is 11.8 Å². The van der Waals surface area contributed by atoms with Gasteiger partial charge in [0.15, 0.2) is 5.82 Å². The van der Waals surface area contributed by atoms with Gasteiger partial charge in [0.2, 0.25) is 0 Å². The molecule has 1 saturated heterocycles. The molecule has 1 aliphatic rings. The van der Waals surface area contributed by atoms with Gasteiger partial charge in [-0.25, -0.2) is 0 Å². The normalized spacial score (nSPS) is 17.4. The molecule has 0 saturated carbocycles. The molecule has 0 N–H and O–H groups in total. The Bertz CT molecular complexity index is 418. The van der Waals surface area contributed by atoms with Gasteiger partial charge in [0, 0.05) is 35.4 Å². The number of hydrogen-bond acceptors (Lipinski definition) is 5. The van der Waals surface area contributed by atoms with Crippen molar-refractivity contribution in [2.24, 2.45) is 0 Å². The Hall–Kier alpha value is -1.48. The van der Waals surface area contributed by atoms with Gasteiger partial charge in [-0.15, -0.1) is 5.10 Å². The molecule has 0 aromatic carbocycles. The van der Waals surface area contributed by atoms with Crippen molar-refractivity contribution in [2.75, 3.05) is 29.5 Å². The summed E-state index contributed by atoms with van der Waals surface area (Å²) in [6.07, 6.45) is 1.50. The highest BCUT2D eigenvalue weighted by atomic mass is 32.2. The Labute approximate surface area is 90.2 Å². The van der Waals surface area contributed by atoms with Crippen LogP contribution in [0.3, 0.4) is 0 Å². The summed E-state index contributed by atoms with van der Waals surface area (Å²) in [4.78, 5) is 1.97. The van der Waals surface area contributed by atoms with E-state index in [1.165, 1.54) is 6.20 Å². The maximum absolute atomic E-state index is 11.2. The van der Waals surface area contributed by atoms with Crippen LogP contribution in [0.4, 0.5) is 5.82 Å². The number of nitrogens with zero attached hydrogens (tertiary/aromatic N) is 4. The average Bonchev–Trinajstić information content (AvgIpc) is 2.30. The molecule has 0 aliphatic carbocycles. The van der Waals surface area contributed by atoms with Crippen LogP contribution in [0.1, 0.15) is 5.56 Å². The third kappa shape index (κ3) is 2.13. The van der Waals surface area contributed by atoms with Crippen LogP contribution in [0.5, 0.6) is 0 Å². The summed E-state index contributed by atoms with van der Waals surface area (Å²) in [6, 6.07) is 3.73. The molecule has 6 heteroatoms. The zero-order chi connectivity index (χ0) is 10.7. The Morgan fingerprint density at radius 3 is 2.87 bits per heavy atom. The first-order valence-electron chi connectivity index (χ1n) is 4.63. The molecule has 0 atom stereocenters. The second kappa shape index (κ2) is 4.36. The zero-order valence-corrected chi connectivity index (χ0v) is 8.90. The van der Waals surface area contributed by atoms with Crippen LogP contribution in [-0.2, 0) is 10.8 Å². The molecule has 1 aromatic rings. The Morgan fingerprint density at radius 2 is 2.20 bits per heavy atom. The van der Waals surface area contributed by atoms with Gasteiger partial charge in [0.25, 0.3) is 0 Å². The van der Waals surface area contributed by atoms with Gasteiger partial charge in [-0.3, -0.25) is 4.21 Å². The van der Waals surface area contributed by atoms with E-state index in [9.17, 15) is 4.21 Å². The minimum absolute atomic E-state index is 0.526. The van der Waals surface area contributed by atoms with Crippen LogP contribution in [0.15, 0.2) is 12.3 Å². The highest BCUT2D eigenvalue weighted by molar-refractivity contribution is 7.85. The summed E-state index contributed by atoms with van der Waals surface area (Å²) in [5.41, 5.74) is 0.526. The SMILES string of the molecule is N#Cc1ccnnc1N1CCS(=O)CC1. The van der Waals surface area contributed by atoms with Crippen molar-refractivity contribution >= 4 is 16.6 Å². The molecule has 0 unspecified atom stereocenters. The first kappa shape index (κ1) is 10.1. The Morgan fingerprint density at radius 1 is 1.47 bits per heavy atom. The molecule has 2 heterocycles. The monoisotopic (exact) mass is 222 g/mol. The molecule has 1 aliphatic heterocycles. The summed E-state index contributed by atoms with van der Waals surface area (Å²) in [6.45, 7) is 1.36. The Balaban J connectivity index is 2.23. The number of aromatic nitrogens is 2. The minimum atomic E-state index is -0.716. The van der Waals surface area contributed by atoms with Gasteiger partial charge in [0.1, 0.15) is 6.07 Å². The predicted molar refractivity (Wildman–Crippen MR) is 56.8 cm³/mol. The van der Waals surface area contributed by atoms with Crippen molar-refractivity contribution in [1.82, 2.24) is 10.2 Å². The quantitative estimate of drug-likeness (QED) is 0.664. The maximum atomic E-state index is 11.2. The van der Waals surface area contributed by atoms with Crippen LogP contribution in [0, 0.1) is 11.3 Å². The second-order valence-electron chi connectivity index (χ2n) is 3.22. The highest BCUT2D eigenvalue weighted by Gasteiger charge is 2.19. The van der Waals surface area contributed by atoms with Gasteiger partial charge in [-0.05, 0) is 6.07 Å². The molecular formula is C9H10N4OS. The number of anilines is 1. The van der Waals surface area contributed by atoms with Crippen LogP contribution >= 0.6 is 0 Å². The first-order chi connectivity index (χ1) is 7.31. The van der Waals surface area contributed by atoms with E-state index in [2.05, 4.69) is 16.3 Å². The third-order valence-electron chi connectivity index (χ3n) is 2.30. The summed E-state index contributed by atoms with van der Waals surface area (Å²) in [7, 11) is -0.716. The van der Waals surface area contributed by atoms with E-state index >= 15 is 0 Å². The van der Waals surface area contributed by atoms with Crippen molar-refractivity contribution in [3.63, 3.8) is 0 Å². The largest absolute Gasteiger partial charge is 0.352 e. The fourth-order valence-corrected chi connectivity index (χ4v) is 2.55. The van der Waals surface area contributed by atoms with Crippen LogP contribution in [0.25, 0.3) is 0 Å². The summed E-state index contributed by atoms with van der Waals surface area (Å²) >= 11 is 0. The smallest absolute Gasteiger partial charge is 0.169 e. The van der Waals surface area contributed by atoms with Crippen molar-refractivity contribution in [3.05, 3.63) is 17.8 Å². The second-order valence-corrected chi connectivity index (χ2v) is 4.91. The van der Waals surface area contributed by atoms with Crippen molar-refractivity contribution in [2.45, 2.75) is 0 Å². The first-order valence-corrected chi connectivity index (χ1v) is 6.12. The summed E-state index contributed by atoms with van der Waals surface area (Å²) in [5, 5.41) is 16.6. The zero-order valence-electron chi connectivity index (χ0n) is 8.09. The highest BCUT2D eigenvalue weighted by Crippen LogP contribution is 2.16. The van der Waals surface area contributed by atoms with E-state index in [0.29, 0.717) is 36.0 Å². The molecule has 0 radical (unpaired) electrons. The fraction of sp³-hybridized carbons (Fsp3) is 0.444. The van der Waals surface area contributed by atoms with Crippen molar-refractivity contribution in [3.8, 4) is 6.07 Å². The summed E-state index contributed by atoms with van der Waals surface area (Å²) < 4.78 is 11.2. The number of rotatable bonds is 1. The lowest BCUT2D eigenvalue weighted by atomic mass is 10.3. The van der Waals surface area contributed by atoms with E-state index in [1.54, 1.807) is 6.07 Å². The van der Waals surface area contributed by atoms with Crippen molar-refractivity contribution in [1.29, 1.82) is 5.26 Å². The molecule has 5 nitrogen and oxygen atoms in total. The molecule has 1 aromatic heterocycles. The molecule has 15 heavy (non-hydrogen) atoms. The summed E-state index contributed by atoms with van der Waals surface area (Å²) in [5.74, 6) is 1.89. The van der Waals surface area contributed by atoms with E-state index in [1.807, 2.05) is 4.90 Å². The Kier molecular flexibility index (Phi) is 2.92. The predicted octanol–water partition coefficient (Wildman–Crippen LogP) is -0.0830. The van der Waals surface area contributed by atoms with E-state index < -0.39 is 10.8 Å². The topological polar surface area (TPSA) is 69.9 Å². The lowest BCUT2D eigenvalue weighted by Crippen LogP contribution is -2.38. The molecule has 1 fully saturated rings. The van der Waals surface area contributed by atoms with Crippen LogP contribution < -0.4 is 4.90 Å². The lowest BCUT2D eigenvalue weighted by Gasteiger charge is -2.27.